The van der Waals surface area contributed by atoms with Crippen molar-refractivity contribution in [2.45, 2.75) is 46.1 Å². The van der Waals surface area contributed by atoms with Gasteiger partial charge in [0, 0.05) is 35.3 Å². The van der Waals surface area contributed by atoms with Gasteiger partial charge < -0.3 is 19.1 Å². The minimum absolute atomic E-state index is 0.0897. The van der Waals surface area contributed by atoms with Gasteiger partial charge in [-0.1, -0.05) is 23.7 Å². The number of carbonyl (C=O) groups is 1. The zero-order chi connectivity index (χ0) is 24.3. The molecule has 0 radical (unpaired) electrons. The summed E-state index contributed by atoms with van der Waals surface area (Å²) < 4.78 is 12.7. The summed E-state index contributed by atoms with van der Waals surface area (Å²) >= 11 is 6.31. The molecule has 1 N–H and O–H groups in total. The highest BCUT2D eigenvalue weighted by atomic mass is 35.5. The number of aryl methyl sites for hydroxylation is 1. The molecule has 1 heterocycles. The average Bonchev–Trinajstić information content (AvgIpc) is 3.10. The average molecular weight is 471 g/mol. The third-order valence-electron chi connectivity index (χ3n) is 5.93. The van der Waals surface area contributed by atoms with Crippen LogP contribution in [0.4, 0.5) is 0 Å². The Morgan fingerprint density at radius 1 is 1.18 bits per heavy atom. The maximum absolute atomic E-state index is 12.9. The van der Waals surface area contributed by atoms with E-state index in [0.29, 0.717) is 34.5 Å². The molecule has 1 unspecified atom stereocenters. The second kappa shape index (κ2) is 9.98. The fourth-order valence-corrected chi connectivity index (χ4v) is 3.98. The predicted octanol–water partition coefficient (Wildman–Crippen LogP) is 5.64. The first-order valence-electron chi connectivity index (χ1n) is 11.0. The van der Waals surface area contributed by atoms with E-state index in [-0.39, 0.29) is 18.6 Å². The molecule has 176 valence electrons. The maximum atomic E-state index is 12.9. The van der Waals surface area contributed by atoms with Gasteiger partial charge in [-0.05, 0) is 63.9 Å². The fourth-order valence-electron chi connectivity index (χ4n) is 3.80. The highest BCUT2D eigenvalue weighted by molar-refractivity contribution is 6.31. The molecular formula is C26H31ClN2O4. The number of methoxy groups -OCH3 is 1. The Morgan fingerprint density at radius 3 is 2.55 bits per heavy atom. The van der Waals surface area contributed by atoms with Gasteiger partial charge in [-0.2, -0.15) is 0 Å². The Kier molecular flexibility index (Phi) is 7.50. The third kappa shape index (κ3) is 5.23. The van der Waals surface area contributed by atoms with E-state index in [4.69, 9.17) is 26.1 Å². The molecule has 33 heavy (non-hydrogen) atoms. The molecular weight excluding hydrogens is 440 g/mol. The third-order valence-corrected chi connectivity index (χ3v) is 6.34. The molecule has 0 amide bonds. The first kappa shape index (κ1) is 24.8. The number of nitrogens with zero attached hydrogens (tertiary/aromatic N) is 2. The van der Waals surface area contributed by atoms with E-state index in [1.165, 1.54) is 0 Å². The van der Waals surface area contributed by atoms with Gasteiger partial charge in [0.25, 0.3) is 0 Å². The number of hydrogen-bond donors (Lipinski definition) is 1. The monoisotopic (exact) mass is 470 g/mol. The molecule has 3 rings (SSSR count). The molecule has 1 aromatic heterocycles. The smallest absolute Gasteiger partial charge is 0.163 e. The Balaban J connectivity index is 1.81. The zero-order valence-electron chi connectivity index (χ0n) is 20.0. The summed E-state index contributed by atoms with van der Waals surface area (Å²) in [6.07, 6.45) is 0.376. The summed E-state index contributed by atoms with van der Waals surface area (Å²) in [7, 11) is 3.41. The Bertz CT molecular complexity index is 1170. The molecule has 0 aliphatic heterocycles. The fraction of sp³-hybridized carbons (Fsp3) is 0.385. The van der Waals surface area contributed by atoms with Crippen molar-refractivity contribution in [2.24, 2.45) is 7.05 Å². The van der Waals surface area contributed by atoms with E-state index in [9.17, 15) is 9.90 Å². The number of ketones is 1. The second-order valence-electron chi connectivity index (χ2n) is 8.39. The summed E-state index contributed by atoms with van der Waals surface area (Å²) in [5.41, 5.74) is 2.77. The number of Topliss-reactive ketones (excluding diaryl/α,β-unsaturated/α-hetero) is 1. The van der Waals surface area contributed by atoms with Crippen molar-refractivity contribution in [1.29, 1.82) is 0 Å². The normalized spacial score (nSPS) is 13.0. The number of aromatic nitrogens is 2. The summed E-state index contributed by atoms with van der Waals surface area (Å²) in [6.45, 7) is 7.98. The first-order chi connectivity index (χ1) is 15.6. The van der Waals surface area contributed by atoms with Gasteiger partial charge in [0.05, 0.1) is 19.4 Å². The van der Waals surface area contributed by atoms with Crippen molar-refractivity contribution < 1.29 is 19.4 Å². The zero-order valence-corrected chi connectivity index (χ0v) is 20.8. The van der Waals surface area contributed by atoms with Crippen LogP contribution < -0.4 is 9.47 Å². The molecule has 0 fully saturated rings. The SMILES string of the molecule is CCOc1ccc(C(=O)CCC(C)(O)c2nc(-c3ccc(C)c(Cl)c3)c(C)n2C)cc1OC. The molecule has 3 aromatic rings. The highest BCUT2D eigenvalue weighted by Gasteiger charge is 2.31. The van der Waals surface area contributed by atoms with E-state index >= 15 is 0 Å². The van der Waals surface area contributed by atoms with Crippen LogP contribution in [0.3, 0.4) is 0 Å². The lowest BCUT2D eigenvalue weighted by Gasteiger charge is -2.22. The molecule has 0 saturated carbocycles. The van der Waals surface area contributed by atoms with Gasteiger partial charge in [-0.3, -0.25) is 4.79 Å². The second-order valence-corrected chi connectivity index (χ2v) is 8.80. The summed E-state index contributed by atoms with van der Waals surface area (Å²) in [5.74, 6) is 1.52. The number of imidazole rings is 1. The van der Waals surface area contributed by atoms with Crippen LogP contribution >= 0.6 is 11.6 Å². The Hall–Kier alpha value is -2.83. The number of rotatable bonds is 9. The Labute approximate surface area is 200 Å². The van der Waals surface area contributed by atoms with Gasteiger partial charge in [-0.15, -0.1) is 0 Å². The molecule has 0 spiro atoms. The van der Waals surface area contributed by atoms with Crippen molar-refractivity contribution in [1.82, 2.24) is 9.55 Å². The molecule has 0 aliphatic rings. The lowest BCUT2D eigenvalue weighted by molar-refractivity contribution is 0.0328. The quantitative estimate of drug-likeness (QED) is 0.410. The number of ether oxygens (including phenoxy) is 2. The molecule has 1 atom stereocenters. The van der Waals surface area contributed by atoms with E-state index in [0.717, 1.165) is 22.5 Å². The number of hydrogen-bond acceptors (Lipinski definition) is 5. The molecule has 2 aromatic carbocycles. The Morgan fingerprint density at radius 2 is 1.91 bits per heavy atom. The van der Waals surface area contributed by atoms with E-state index < -0.39 is 5.60 Å². The summed E-state index contributed by atoms with van der Waals surface area (Å²) in [4.78, 5) is 17.6. The maximum Gasteiger partial charge on any atom is 0.163 e. The van der Waals surface area contributed by atoms with Crippen LogP contribution in [0.2, 0.25) is 5.02 Å². The van der Waals surface area contributed by atoms with Crippen molar-refractivity contribution in [2.75, 3.05) is 13.7 Å². The van der Waals surface area contributed by atoms with Crippen molar-refractivity contribution in [3.8, 4) is 22.8 Å². The van der Waals surface area contributed by atoms with Crippen LogP contribution in [-0.2, 0) is 12.6 Å². The number of aliphatic hydroxyl groups is 1. The van der Waals surface area contributed by atoms with Crippen LogP contribution in [0, 0.1) is 13.8 Å². The van der Waals surface area contributed by atoms with E-state index in [1.54, 1.807) is 32.2 Å². The molecule has 0 saturated heterocycles. The van der Waals surface area contributed by atoms with Crippen molar-refractivity contribution in [3.05, 3.63) is 64.1 Å². The van der Waals surface area contributed by atoms with Crippen molar-refractivity contribution >= 4 is 17.4 Å². The van der Waals surface area contributed by atoms with Gasteiger partial charge in [0.15, 0.2) is 17.3 Å². The van der Waals surface area contributed by atoms with Crippen molar-refractivity contribution in [3.63, 3.8) is 0 Å². The summed E-state index contributed by atoms with van der Waals surface area (Å²) in [5, 5.41) is 11.9. The topological polar surface area (TPSA) is 73.6 Å². The van der Waals surface area contributed by atoms with Gasteiger partial charge in [0.2, 0.25) is 0 Å². The van der Waals surface area contributed by atoms with Crippen LogP contribution in [0.1, 0.15) is 54.1 Å². The van der Waals surface area contributed by atoms with Crippen LogP contribution in [0.5, 0.6) is 11.5 Å². The van der Waals surface area contributed by atoms with Crippen LogP contribution in [0.15, 0.2) is 36.4 Å². The van der Waals surface area contributed by atoms with E-state index in [2.05, 4.69) is 0 Å². The van der Waals surface area contributed by atoms with E-state index in [1.807, 2.05) is 50.6 Å². The van der Waals surface area contributed by atoms with Gasteiger partial charge in [-0.25, -0.2) is 4.98 Å². The first-order valence-corrected chi connectivity index (χ1v) is 11.3. The molecule has 0 bridgehead atoms. The summed E-state index contributed by atoms with van der Waals surface area (Å²) in [6, 6.07) is 10.9. The molecule has 7 heteroatoms. The largest absolute Gasteiger partial charge is 0.493 e. The lowest BCUT2D eigenvalue weighted by atomic mass is 9.95. The van der Waals surface area contributed by atoms with Gasteiger partial charge in [0.1, 0.15) is 11.4 Å². The lowest BCUT2D eigenvalue weighted by Crippen LogP contribution is -2.26. The highest BCUT2D eigenvalue weighted by Crippen LogP contribution is 2.33. The number of benzene rings is 2. The predicted molar refractivity (Wildman–Crippen MR) is 130 cm³/mol. The molecule has 0 aliphatic carbocycles. The number of carbonyl (C=O) groups excluding carboxylic acids is 1. The minimum atomic E-state index is -1.29. The van der Waals surface area contributed by atoms with Crippen LogP contribution in [-0.4, -0.2) is 34.2 Å². The minimum Gasteiger partial charge on any atom is -0.493 e. The standard InChI is InChI=1S/C26H31ClN2O4/c1-7-33-22-11-10-18(15-23(22)32-6)21(30)12-13-26(4,31)25-28-24(17(3)29(25)5)19-9-8-16(2)20(27)14-19/h8-11,14-15,31H,7,12-13H2,1-6H3. The van der Waals surface area contributed by atoms with Gasteiger partial charge >= 0.3 is 0 Å². The van der Waals surface area contributed by atoms with Crippen LogP contribution in [0.25, 0.3) is 11.3 Å². The molecule has 6 nitrogen and oxygen atoms in total. The number of halogens is 1.